The number of hydrogen-bond donors (Lipinski definition) is 1. The molecule has 0 aliphatic carbocycles. The molecule has 0 radical (unpaired) electrons. The molecule has 0 aliphatic heterocycles. The van der Waals surface area contributed by atoms with E-state index in [0.717, 1.165) is 11.6 Å². The minimum absolute atomic E-state index is 0.0179. The summed E-state index contributed by atoms with van der Waals surface area (Å²) >= 11 is 5.78. The van der Waals surface area contributed by atoms with E-state index >= 15 is 0 Å². The second-order valence-electron chi connectivity index (χ2n) is 4.34. The first-order chi connectivity index (χ1) is 9.88. The number of pyridine rings is 1. The predicted octanol–water partition coefficient (Wildman–Crippen LogP) is 3.84. The first-order valence-electron chi connectivity index (χ1n) is 5.87. The summed E-state index contributed by atoms with van der Waals surface area (Å²) in [6, 6.07) is 3.07. The van der Waals surface area contributed by atoms with Crippen LogP contribution < -0.4 is 5.32 Å². The molecule has 0 fully saturated rings. The summed E-state index contributed by atoms with van der Waals surface area (Å²) in [5.74, 6) is -2.06. The van der Waals surface area contributed by atoms with Gasteiger partial charge in [0.15, 0.2) is 0 Å². The topological polar surface area (TPSA) is 68.1 Å². The van der Waals surface area contributed by atoms with E-state index < -0.39 is 22.2 Å². The van der Waals surface area contributed by atoms with Gasteiger partial charge in [-0.15, -0.1) is 0 Å². The molecule has 0 amide bonds. The molecule has 0 saturated heterocycles. The van der Waals surface area contributed by atoms with Gasteiger partial charge in [0, 0.05) is 24.2 Å². The van der Waals surface area contributed by atoms with Crippen LogP contribution in [0.2, 0.25) is 5.15 Å². The Morgan fingerprint density at radius 1 is 1.33 bits per heavy atom. The van der Waals surface area contributed by atoms with Crippen LogP contribution in [0.1, 0.15) is 11.1 Å². The summed E-state index contributed by atoms with van der Waals surface area (Å²) < 4.78 is 26.8. The van der Waals surface area contributed by atoms with Crippen LogP contribution in [0.3, 0.4) is 0 Å². The number of nitro benzene ring substituents is 1. The van der Waals surface area contributed by atoms with Gasteiger partial charge in [0.25, 0.3) is 0 Å². The maximum Gasteiger partial charge on any atom is 0.305 e. The van der Waals surface area contributed by atoms with E-state index in [1.54, 1.807) is 13.0 Å². The molecule has 0 bridgehead atoms. The second-order valence-corrected chi connectivity index (χ2v) is 4.70. The van der Waals surface area contributed by atoms with Crippen LogP contribution >= 0.6 is 11.6 Å². The molecule has 0 unspecified atom stereocenters. The van der Waals surface area contributed by atoms with E-state index in [2.05, 4.69) is 10.3 Å². The van der Waals surface area contributed by atoms with Gasteiger partial charge in [0.2, 0.25) is 5.82 Å². The van der Waals surface area contributed by atoms with Gasteiger partial charge in [-0.2, -0.15) is 4.39 Å². The molecule has 8 heteroatoms. The van der Waals surface area contributed by atoms with E-state index in [1.807, 2.05) is 0 Å². The van der Waals surface area contributed by atoms with Gasteiger partial charge in [-0.3, -0.25) is 10.1 Å². The van der Waals surface area contributed by atoms with Crippen molar-refractivity contribution in [1.82, 2.24) is 4.98 Å². The Hall–Kier alpha value is -2.28. The lowest BCUT2D eigenvalue weighted by molar-refractivity contribution is -0.387. The van der Waals surface area contributed by atoms with Crippen LogP contribution in [0, 0.1) is 28.7 Å². The molecule has 1 heterocycles. The summed E-state index contributed by atoms with van der Waals surface area (Å²) in [6.07, 6.45) is 1.45. The van der Waals surface area contributed by atoms with E-state index in [1.165, 1.54) is 6.20 Å². The van der Waals surface area contributed by atoms with Crippen LogP contribution in [0.15, 0.2) is 24.4 Å². The first kappa shape index (κ1) is 15.1. The third kappa shape index (κ3) is 3.43. The molecule has 0 spiro atoms. The number of hydrogen-bond acceptors (Lipinski definition) is 4. The van der Waals surface area contributed by atoms with Crippen molar-refractivity contribution in [2.45, 2.75) is 13.5 Å². The molecule has 1 aromatic carbocycles. The van der Waals surface area contributed by atoms with Crippen molar-refractivity contribution in [3.05, 3.63) is 62.4 Å². The molecule has 2 aromatic rings. The highest BCUT2D eigenvalue weighted by Crippen LogP contribution is 2.23. The Bertz CT molecular complexity index is 710. The highest BCUT2D eigenvalue weighted by molar-refractivity contribution is 6.30. The van der Waals surface area contributed by atoms with Crippen LogP contribution in [0.4, 0.5) is 20.2 Å². The van der Waals surface area contributed by atoms with Crippen molar-refractivity contribution in [1.29, 1.82) is 0 Å². The molecule has 1 N–H and O–H groups in total. The number of nitrogens with one attached hydrogen (secondary N) is 1. The Balaban J connectivity index is 2.21. The van der Waals surface area contributed by atoms with Gasteiger partial charge >= 0.3 is 5.69 Å². The molecular weight excluding hydrogens is 304 g/mol. The number of nitro groups is 1. The Kier molecular flexibility index (Phi) is 4.32. The number of nitrogens with zero attached hydrogens (tertiary/aromatic N) is 2. The lowest BCUT2D eigenvalue weighted by Crippen LogP contribution is -2.05. The van der Waals surface area contributed by atoms with Gasteiger partial charge in [-0.1, -0.05) is 11.6 Å². The highest BCUT2D eigenvalue weighted by atomic mass is 35.5. The van der Waals surface area contributed by atoms with Gasteiger partial charge in [-0.05, 0) is 18.6 Å². The normalized spacial score (nSPS) is 10.5. The van der Waals surface area contributed by atoms with Crippen molar-refractivity contribution in [2.75, 3.05) is 5.32 Å². The standard InChI is InChI=1S/C13H10ClF2N3O2/c1-7-2-9(6-18-13(7)14)17-5-8-3-12(19(20)21)11(16)4-10(8)15/h2-4,6,17H,5H2,1H3. The SMILES string of the molecule is Cc1cc(NCc2cc([N+](=O)[O-])c(F)cc2F)cnc1Cl. The minimum Gasteiger partial charge on any atom is -0.380 e. The van der Waals surface area contributed by atoms with Crippen molar-refractivity contribution < 1.29 is 13.7 Å². The zero-order valence-corrected chi connectivity index (χ0v) is 11.6. The second kappa shape index (κ2) is 6.01. The zero-order valence-electron chi connectivity index (χ0n) is 10.9. The molecule has 1 aromatic heterocycles. The number of benzene rings is 1. The average Bonchev–Trinajstić information content (AvgIpc) is 2.41. The largest absolute Gasteiger partial charge is 0.380 e. The van der Waals surface area contributed by atoms with Crippen molar-refractivity contribution in [3.63, 3.8) is 0 Å². The van der Waals surface area contributed by atoms with E-state index in [9.17, 15) is 18.9 Å². The number of rotatable bonds is 4. The Labute approximate surface area is 123 Å². The molecule has 2 rings (SSSR count). The molecular formula is C13H10ClF2N3O2. The van der Waals surface area contributed by atoms with Crippen LogP contribution in [0.5, 0.6) is 0 Å². The van der Waals surface area contributed by atoms with Crippen LogP contribution in [-0.2, 0) is 6.54 Å². The maximum absolute atomic E-state index is 13.6. The summed E-state index contributed by atoms with van der Waals surface area (Å²) in [4.78, 5) is 13.7. The van der Waals surface area contributed by atoms with Crippen LogP contribution in [-0.4, -0.2) is 9.91 Å². The van der Waals surface area contributed by atoms with Gasteiger partial charge in [-0.25, -0.2) is 9.37 Å². The predicted molar refractivity (Wildman–Crippen MR) is 74.3 cm³/mol. The lowest BCUT2D eigenvalue weighted by Gasteiger charge is -2.08. The molecule has 21 heavy (non-hydrogen) atoms. The van der Waals surface area contributed by atoms with E-state index in [-0.39, 0.29) is 12.1 Å². The number of halogens is 3. The highest BCUT2D eigenvalue weighted by Gasteiger charge is 2.18. The van der Waals surface area contributed by atoms with E-state index in [0.29, 0.717) is 16.9 Å². The van der Waals surface area contributed by atoms with Crippen molar-refractivity contribution in [2.24, 2.45) is 0 Å². The maximum atomic E-state index is 13.6. The molecule has 0 atom stereocenters. The summed E-state index contributed by atoms with van der Waals surface area (Å²) in [5, 5.41) is 13.8. The van der Waals surface area contributed by atoms with Gasteiger partial charge in [0.1, 0.15) is 11.0 Å². The Morgan fingerprint density at radius 2 is 2.05 bits per heavy atom. The fraction of sp³-hybridized carbons (Fsp3) is 0.154. The fourth-order valence-corrected chi connectivity index (χ4v) is 1.81. The average molecular weight is 314 g/mol. The molecule has 0 saturated carbocycles. The van der Waals surface area contributed by atoms with Crippen molar-refractivity contribution in [3.8, 4) is 0 Å². The quantitative estimate of drug-likeness (QED) is 0.529. The first-order valence-corrected chi connectivity index (χ1v) is 6.24. The molecule has 0 aliphatic rings. The van der Waals surface area contributed by atoms with Crippen molar-refractivity contribution >= 4 is 23.0 Å². The summed E-state index contributed by atoms with van der Waals surface area (Å²) in [5.41, 5.74) is 0.518. The smallest absolute Gasteiger partial charge is 0.305 e. The third-order valence-corrected chi connectivity index (χ3v) is 3.21. The molecule has 5 nitrogen and oxygen atoms in total. The summed E-state index contributed by atoms with van der Waals surface area (Å²) in [6.45, 7) is 1.71. The van der Waals surface area contributed by atoms with Crippen LogP contribution in [0.25, 0.3) is 0 Å². The molecule has 110 valence electrons. The van der Waals surface area contributed by atoms with E-state index in [4.69, 9.17) is 11.6 Å². The number of anilines is 1. The fourth-order valence-electron chi connectivity index (χ4n) is 1.71. The monoisotopic (exact) mass is 313 g/mol. The van der Waals surface area contributed by atoms with Gasteiger partial charge < -0.3 is 5.32 Å². The Morgan fingerprint density at radius 3 is 2.67 bits per heavy atom. The number of aromatic nitrogens is 1. The lowest BCUT2D eigenvalue weighted by atomic mass is 10.1. The summed E-state index contributed by atoms with van der Waals surface area (Å²) in [7, 11) is 0. The number of aryl methyl sites for hydroxylation is 1. The minimum atomic E-state index is -1.20. The zero-order chi connectivity index (χ0) is 15.6. The third-order valence-electron chi connectivity index (χ3n) is 2.81. The van der Waals surface area contributed by atoms with Gasteiger partial charge in [0.05, 0.1) is 16.8 Å².